The maximum absolute atomic E-state index is 15.1. The Morgan fingerprint density at radius 1 is 1.02 bits per heavy atom. The molecule has 0 bridgehead atoms. The van der Waals surface area contributed by atoms with E-state index < -0.39 is 27.5 Å². The summed E-state index contributed by atoms with van der Waals surface area (Å²) in [4.78, 5) is 25.3. The lowest BCUT2D eigenvalue weighted by atomic mass is 10.0. The highest BCUT2D eigenvalue weighted by molar-refractivity contribution is 7.89. The van der Waals surface area contributed by atoms with Crippen LogP contribution < -0.4 is 4.90 Å². The highest BCUT2D eigenvalue weighted by atomic mass is 32.2. The van der Waals surface area contributed by atoms with Crippen LogP contribution >= 0.6 is 0 Å². The molecule has 1 fully saturated rings. The number of aromatic nitrogens is 3. The maximum Gasteiger partial charge on any atom is 0.410 e. The van der Waals surface area contributed by atoms with Crippen molar-refractivity contribution in [2.24, 2.45) is 0 Å². The average Bonchev–Trinajstić information content (AvgIpc) is 3.29. The number of amides is 1. The van der Waals surface area contributed by atoms with Gasteiger partial charge in [-0.1, -0.05) is 48.5 Å². The zero-order valence-electron chi connectivity index (χ0n) is 22.9. The van der Waals surface area contributed by atoms with Gasteiger partial charge in [0.2, 0.25) is 10.0 Å². The summed E-state index contributed by atoms with van der Waals surface area (Å²) >= 11 is 0. The molecule has 9 nitrogen and oxygen atoms in total. The molecule has 40 heavy (non-hydrogen) atoms. The molecule has 2 aromatic heterocycles. The van der Waals surface area contributed by atoms with Crippen LogP contribution in [0.3, 0.4) is 0 Å². The summed E-state index contributed by atoms with van der Waals surface area (Å²) in [6.45, 7) is 8.60. The first-order chi connectivity index (χ1) is 18.9. The molecule has 1 atom stereocenters. The number of nitrogens with zero attached hydrogens (tertiary/aromatic N) is 5. The van der Waals surface area contributed by atoms with Gasteiger partial charge in [-0.2, -0.15) is 0 Å². The molecule has 11 heteroatoms. The molecule has 1 aliphatic heterocycles. The van der Waals surface area contributed by atoms with E-state index in [-0.39, 0.29) is 23.0 Å². The first-order valence-electron chi connectivity index (χ1n) is 13.1. The van der Waals surface area contributed by atoms with Crippen LogP contribution in [0.25, 0.3) is 22.2 Å². The standard InChI is InChI=1S/C29H32FN5O4S/c1-20-16-33(28(36)39-29(2,3)4)14-15-34(20)26-25-23(22-12-8-9-13-24(22)30)17-35(27(25)32-19-31-26)40(37,38)18-21-10-6-5-7-11-21/h5-13,17,19-20H,14-16,18H2,1-4H3/t20-/m1/s1. The number of hydrogen-bond donors (Lipinski definition) is 0. The maximum atomic E-state index is 15.1. The Labute approximate surface area is 233 Å². The first kappa shape index (κ1) is 27.6. The quantitative estimate of drug-likeness (QED) is 0.334. The number of carbonyl (C=O) groups is 1. The molecule has 4 aromatic rings. The van der Waals surface area contributed by atoms with Crippen LogP contribution in [0.5, 0.6) is 0 Å². The lowest BCUT2D eigenvalue weighted by Crippen LogP contribution is -2.54. The Balaban J connectivity index is 1.60. The fourth-order valence-corrected chi connectivity index (χ4v) is 6.37. The third kappa shape index (κ3) is 5.51. The molecule has 0 unspecified atom stereocenters. The van der Waals surface area contributed by atoms with Gasteiger partial charge in [-0.3, -0.25) is 0 Å². The van der Waals surface area contributed by atoms with E-state index in [9.17, 15) is 13.2 Å². The van der Waals surface area contributed by atoms with Gasteiger partial charge in [0.05, 0.1) is 11.1 Å². The van der Waals surface area contributed by atoms with Crippen molar-refractivity contribution in [3.63, 3.8) is 0 Å². The number of carbonyl (C=O) groups excluding carboxylic acids is 1. The van der Waals surface area contributed by atoms with Crippen molar-refractivity contribution in [3.05, 3.63) is 78.5 Å². The first-order valence-corrected chi connectivity index (χ1v) is 14.7. The second-order valence-electron chi connectivity index (χ2n) is 10.9. The van der Waals surface area contributed by atoms with Gasteiger partial charge in [-0.05, 0) is 39.3 Å². The number of halogens is 1. The minimum absolute atomic E-state index is 0.168. The van der Waals surface area contributed by atoms with Gasteiger partial charge in [0, 0.05) is 43.0 Å². The van der Waals surface area contributed by atoms with Crippen LogP contribution in [0.1, 0.15) is 33.3 Å². The average molecular weight is 566 g/mol. The van der Waals surface area contributed by atoms with Crippen molar-refractivity contribution in [1.29, 1.82) is 0 Å². The number of hydrogen-bond acceptors (Lipinski definition) is 7. The highest BCUT2D eigenvalue weighted by Gasteiger charge is 2.33. The third-order valence-corrected chi connectivity index (χ3v) is 8.31. The molecule has 0 saturated carbocycles. The molecular formula is C29H32FN5O4S. The lowest BCUT2D eigenvalue weighted by Gasteiger charge is -2.41. The van der Waals surface area contributed by atoms with Crippen LogP contribution in [-0.2, 0) is 20.5 Å². The molecule has 1 amide bonds. The van der Waals surface area contributed by atoms with Crippen LogP contribution in [0.4, 0.5) is 15.0 Å². The molecule has 0 radical (unpaired) electrons. The second kappa shape index (κ2) is 10.5. The van der Waals surface area contributed by atoms with Crippen molar-refractivity contribution >= 4 is 33.0 Å². The van der Waals surface area contributed by atoms with Gasteiger partial charge >= 0.3 is 6.09 Å². The van der Waals surface area contributed by atoms with Crippen LogP contribution in [0.15, 0.2) is 67.1 Å². The Bertz CT molecular complexity index is 1650. The van der Waals surface area contributed by atoms with Crippen molar-refractivity contribution in [1.82, 2.24) is 18.8 Å². The monoisotopic (exact) mass is 565 g/mol. The molecule has 0 aliphatic carbocycles. The third-order valence-electron chi connectivity index (χ3n) is 6.74. The number of fused-ring (bicyclic) bond motifs is 1. The zero-order valence-corrected chi connectivity index (χ0v) is 23.7. The van der Waals surface area contributed by atoms with Crippen molar-refractivity contribution in [2.75, 3.05) is 24.5 Å². The minimum atomic E-state index is -3.92. The summed E-state index contributed by atoms with van der Waals surface area (Å²) < 4.78 is 49.1. The van der Waals surface area contributed by atoms with E-state index >= 15 is 4.39 Å². The number of rotatable bonds is 5. The van der Waals surface area contributed by atoms with Gasteiger partial charge in [0.1, 0.15) is 23.6 Å². The van der Waals surface area contributed by atoms with Gasteiger partial charge in [0.25, 0.3) is 0 Å². The minimum Gasteiger partial charge on any atom is -0.444 e. The Hall–Kier alpha value is -3.99. The van der Waals surface area contributed by atoms with E-state index in [2.05, 4.69) is 9.97 Å². The lowest BCUT2D eigenvalue weighted by molar-refractivity contribution is 0.0218. The van der Waals surface area contributed by atoms with Gasteiger partial charge < -0.3 is 14.5 Å². The molecule has 5 rings (SSSR count). The molecule has 210 valence electrons. The van der Waals surface area contributed by atoms with Crippen molar-refractivity contribution < 1.29 is 22.3 Å². The molecule has 2 aromatic carbocycles. The Morgan fingerprint density at radius 3 is 2.40 bits per heavy atom. The summed E-state index contributed by atoms with van der Waals surface area (Å²) in [6.07, 6.45) is 2.36. The second-order valence-corrected chi connectivity index (χ2v) is 12.8. The van der Waals surface area contributed by atoms with Crippen molar-refractivity contribution in [2.45, 2.75) is 45.1 Å². The molecule has 1 aliphatic rings. The van der Waals surface area contributed by atoms with Crippen LogP contribution in [0.2, 0.25) is 0 Å². The molecule has 0 N–H and O–H groups in total. The fraction of sp³-hybridized carbons (Fsp3) is 0.345. The van der Waals surface area contributed by atoms with Crippen molar-refractivity contribution in [3.8, 4) is 11.1 Å². The number of ether oxygens (including phenoxy) is 1. The van der Waals surface area contributed by atoms with Crippen LogP contribution in [0, 0.1) is 5.82 Å². The van der Waals surface area contributed by atoms with Gasteiger partial charge in [-0.15, -0.1) is 0 Å². The van der Waals surface area contributed by atoms with E-state index in [1.165, 1.54) is 18.6 Å². The molecular weight excluding hydrogens is 533 g/mol. The SMILES string of the molecule is C[C@@H]1CN(C(=O)OC(C)(C)C)CCN1c1ncnc2c1c(-c1ccccc1F)cn2S(=O)(=O)Cc1ccccc1. The summed E-state index contributed by atoms with van der Waals surface area (Å²) in [7, 11) is -3.92. The molecule has 3 heterocycles. The van der Waals surface area contributed by atoms with Gasteiger partial charge in [0.15, 0.2) is 5.65 Å². The zero-order chi connectivity index (χ0) is 28.7. The largest absolute Gasteiger partial charge is 0.444 e. The summed E-state index contributed by atoms with van der Waals surface area (Å²) in [6, 6.07) is 14.9. The smallest absolute Gasteiger partial charge is 0.410 e. The summed E-state index contributed by atoms with van der Waals surface area (Å²) in [5.74, 6) is -0.258. The van der Waals surface area contributed by atoms with E-state index in [0.717, 1.165) is 3.97 Å². The predicted octanol–water partition coefficient (Wildman–Crippen LogP) is 5.06. The van der Waals surface area contributed by atoms with Gasteiger partial charge in [-0.25, -0.2) is 31.5 Å². The topological polar surface area (TPSA) is 97.6 Å². The van der Waals surface area contributed by atoms with E-state index in [4.69, 9.17) is 4.74 Å². The molecule has 1 saturated heterocycles. The summed E-state index contributed by atoms with van der Waals surface area (Å²) in [5.41, 5.74) is 0.803. The Kier molecular flexibility index (Phi) is 7.26. The number of anilines is 1. The van der Waals surface area contributed by atoms with E-state index in [1.54, 1.807) is 47.4 Å². The summed E-state index contributed by atoms with van der Waals surface area (Å²) in [5, 5.41) is 0.432. The Morgan fingerprint density at radius 2 is 1.73 bits per heavy atom. The fourth-order valence-electron chi connectivity index (χ4n) is 4.95. The normalized spacial score (nSPS) is 16.4. The molecule has 0 spiro atoms. The van der Waals surface area contributed by atoms with E-state index in [0.29, 0.717) is 42.0 Å². The number of piperazine rings is 1. The van der Waals surface area contributed by atoms with E-state index in [1.807, 2.05) is 38.7 Å². The van der Waals surface area contributed by atoms with Crippen LogP contribution in [-0.4, -0.2) is 64.6 Å². The number of benzene rings is 2. The predicted molar refractivity (Wildman–Crippen MR) is 152 cm³/mol. The highest BCUT2D eigenvalue weighted by Crippen LogP contribution is 2.38.